The number of rotatable bonds is 6. The highest BCUT2D eigenvalue weighted by atomic mass is 35.5. The monoisotopic (exact) mass is 427 g/mol. The molecule has 1 atom stereocenters. The van der Waals surface area contributed by atoms with Gasteiger partial charge in [-0.1, -0.05) is 23.2 Å². The van der Waals surface area contributed by atoms with Crippen LogP contribution in [0.25, 0.3) is 0 Å². The van der Waals surface area contributed by atoms with Gasteiger partial charge in [-0.15, -0.1) is 24.8 Å². The van der Waals surface area contributed by atoms with Crippen molar-refractivity contribution >= 4 is 54.0 Å². The third-order valence-electron chi connectivity index (χ3n) is 2.97. The van der Waals surface area contributed by atoms with Gasteiger partial charge in [-0.2, -0.15) is 0 Å². The first-order valence-corrected chi connectivity index (χ1v) is 7.46. The van der Waals surface area contributed by atoms with Crippen molar-refractivity contribution in [1.82, 2.24) is 9.97 Å². The molecule has 2 aromatic rings. The Bertz CT molecular complexity index is 683. The number of methoxy groups -OCH3 is 1. The van der Waals surface area contributed by atoms with E-state index in [1.807, 2.05) is 0 Å². The molecule has 2 heterocycles. The summed E-state index contributed by atoms with van der Waals surface area (Å²) >= 11 is 11.6. The fourth-order valence-corrected chi connectivity index (χ4v) is 2.39. The van der Waals surface area contributed by atoms with Crippen molar-refractivity contribution in [2.45, 2.75) is 19.1 Å². The zero-order valence-electron chi connectivity index (χ0n) is 13.1. The summed E-state index contributed by atoms with van der Waals surface area (Å²) in [7, 11) is 1.52. The summed E-state index contributed by atoms with van der Waals surface area (Å²) in [6, 6.07) is 5.82. The smallest absolute Gasteiger partial charge is 0.323 e. The topological polar surface area (TPSA) is 87.3 Å². The van der Waals surface area contributed by atoms with Gasteiger partial charge in [-0.25, -0.2) is 9.97 Å². The Hall–Kier alpha value is -1.31. The van der Waals surface area contributed by atoms with Gasteiger partial charge in [0.25, 0.3) is 0 Å². The van der Waals surface area contributed by atoms with E-state index in [2.05, 4.69) is 9.97 Å². The van der Waals surface area contributed by atoms with Gasteiger partial charge in [0.15, 0.2) is 0 Å². The van der Waals surface area contributed by atoms with E-state index in [1.165, 1.54) is 7.11 Å². The van der Waals surface area contributed by atoms with E-state index in [0.717, 1.165) is 5.56 Å². The number of esters is 1. The van der Waals surface area contributed by atoms with E-state index in [0.29, 0.717) is 17.9 Å². The van der Waals surface area contributed by atoms with Gasteiger partial charge in [-0.05, 0) is 35.7 Å². The molecule has 0 amide bonds. The summed E-state index contributed by atoms with van der Waals surface area (Å²) < 4.78 is 10.2. The van der Waals surface area contributed by atoms with Crippen LogP contribution in [0.2, 0.25) is 10.3 Å². The summed E-state index contributed by atoms with van der Waals surface area (Å²) in [5, 5.41) is 0.466. The summed E-state index contributed by atoms with van der Waals surface area (Å²) in [5.74, 6) is -0.0611. The Morgan fingerprint density at radius 2 is 1.84 bits per heavy atom. The normalized spacial score (nSPS) is 10.9. The molecule has 0 saturated carbocycles. The van der Waals surface area contributed by atoms with Gasteiger partial charge in [0.2, 0.25) is 5.88 Å². The minimum atomic E-state index is -0.796. The Morgan fingerprint density at radius 3 is 2.44 bits per heavy atom. The number of carbonyl (C=O) groups excluding carboxylic acids is 1. The molecule has 138 valence electrons. The maximum atomic E-state index is 12.0. The van der Waals surface area contributed by atoms with Crippen LogP contribution in [0.3, 0.4) is 0 Å². The first-order chi connectivity index (χ1) is 11.0. The molecule has 2 rings (SSSR count). The van der Waals surface area contributed by atoms with Crippen LogP contribution in [-0.2, 0) is 22.6 Å². The van der Waals surface area contributed by atoms with Gasteiger partial charge in [0, 0.05) is 12.3 Å². The maximum Gasteiger partial charge on any atom is 0.323 e. The summed E-state index contributed by atoms with van der Waals surface area (Å²) in [6.45, 7) is 0.0220. The highest BCUT2D eigenvalue weighted by Crippen LogP contribution is 2.16. The molecule has 25 heavy (non-hydrogen) atoms. The van der Waals surface area contributed by atoms with Crippen molar-refractivity contribution in [2.75, 3.05) is 7.11 Å². The molecule has 0 aliphatic rings. The Morgan fingerprint density at radius 1 is 1.20 bits per heavy atom. The number of nitrogens with two attached hydrogens (primary N) is 1. The fraction of sp³-hybridized carbons (Fsp3) is 0.267. The van der Waals surface area contributed by atoms with E-state index >= 15 is 0 Å². The lowest BCUT2D eigenvalue weighted by atomic mass is 10.1. The van der Waals surface area contributed by atoms with Gasteiger partial charge in [0.05, 0.1) is 7.11 Å². The lowest BCUT2D eigenvalue weighted by molar-refractivity contribution is -0.146. The first-order valence-electron chi connectivity index (χ1n) is 6.71. The largest absolute Gasteiger partial charge is 0.481 e. The molecule has 6 nitrogen and oxygen atoms in total. The number of pyridine rings is 2. The van der Waals surface area contributed by atoms with Crippen molar-refractivity contribution in [1.29, 1.82) is 0 Å². The van der Waals surface area contributed by atoms with Crippen LogP contribution < -0.4 is 10.5 Å². The molecule has 0 unspecified atom stereocenters. The second-order valence-electron chi connectivity index (χ2n) is 4.75. The molecule has 0 radical (unpaired) electrons. The molecular weight excluding hydrogens is 412 g/mol. The second-order valence-corrected chi connectivity index (χ2v) is 5.52. The van der Waals surface area contributed by atoms with Crippen molar-refractivity contribution < 1.29 is 14.3 Å². The predicted octanol–water partition coefficient (Wildman–Crippen LogP) is 3.25. The maximum absolute atomic E-state index is 12.0. The summed E-state index contributed by atoms with van der Waals surface area (Å²) in [5.41, 5.74) is 7.33. The predicted molar refractivity (Wildman–Crippen MR) is 101 cm³/mol. The Balaban J connectivity index is 0.00000288. The molecule has 0 aliphatic carbocycles. The van der Waals surface area contributed by atoms with Gasteiger partial charge < -0.3 is 15.2 Å². The minimum absolute atomic E-state index is 0. The number of halogens is 4. The highest BCUT2D eigenvalue weighted by Gasteiger charge is 2.16. The van der Waals surface area contributed by atoms with Crippen LogP contribution in [0, 0.1) is 0 Å². The molecule has 10 heteroatoms. The third kappa shape index (κ3) is 7.63. The molecule has 0 bridgehead atoms. The standard InChI is InChI=1S/C15H15Cl2N3O3.2ClH/c1-22-14-7-9(2-3-19-14)4-11(18)15(21)23-8-10-5-12(16)20-13(17)6-10;;/h2-3,5-7,11H,4,8,18H2,1H3;2*1H/t11-;;/m0../s1. The number of aromatic nitrogens is 2. The van der Waals surface area contributed by atoms with E-state index < -0.39 is 12.0 Å². The average Bonchev–Trinajstić information content (AvgIpc) is 2.51. The van der Waals surface area contributed by atoms with Gasteiger partial charge in [-0.3, -0.25) is 4.79 Å². The van der Waals surface area contributed by atoms with E-state index in [4.69, 9.17) is 38.4 Å². The number of nitrogens with zero attached hydrogens (tertiary/aromatic N) is 2. The zero-order chi connectivity index (χ0) is 16.8. The van der Waals surface area contributed by atoms with Crippen molar-refractivity contribution in [3.8, 4) is 5.88 Å². The van der Waals surface area contributed by atoms with Gasteiger partial charge in [0.1, 0.15) is 23.0 Å². The van der Waals surface area contributed by atoms with E-state index in [9.17, 15) is 4.79 Å². The fourth-order valence-electron chi connectivity index (χ4n) is 1.89. The summed E-state index contributed by atoms with van der Waals surface area (Å²) in [6.07, 6.45) is 1.91. The van der Waals surface area contributed by atoms with E-state index in [1.54, 1.807) is 30.5 Å². The van der Waals surface area contributed by atoms with Crippen molar-refractivity contribution in [2.24, 2.45) is 5.73 Å². The zero-order valence-corrected chi connectivity index (χ0v) is 16.3. The van der Waals surface area contributed by atoms with Crippen LogP contribution in [0.4, 0.5) is 0 Å². The number of ether oxygens (including phenoxy) is 2. The number of carbonyl (C=O) groups is 1. The third-order valence-corrected chi connectivity index (χ3v) is 3.36. The van der Waals surface area contributed by atoms with E-state index in [-0.39, 0.29) is 41.7 Å². The number of hydrogen-bond donors (Lipinski definition) is 1. The van der Waals surface area contributed by atoms with Crippen LogP contribution in [0.5, 0.6) is 5.88 Å². The molecule has 0 saturated heterocycles. The number of hydrogen-bond acceptors (Lipinski definition) is 6. The Kier molecular flexibility index (Phi) is 10.7. The molecule has 2 aromatic heterocycles. The molecule has 0 spiro atoms. The van der Waals surface area contributed by atoms with Crippen LogP contribution in [0.1, 0.15) is 11.1 Å². The lowest BCUT2D eigenvalue weighted by Gasteiger charge is -2.12. The van der Waals surface area contributed by atoms with Gasteiger partial charge >= 0.3 is 5.97 Å². The van der Waals surface area contributed by atoms with Crippen molar-refractivity contribution in [3.63, 3.8) is 0 Å². The molecule has 0 aromatic carbocycles. The Labute approximate surface area is 167 Å². The van der Waals surface area contributed by atoms with Crippen LogP contribution in [0.15, 0.2) is 30.5 Å². The molecular formula is C15H17Cl4N3O3. The van der Waals surface area contributed by atoms with Crippen LogP contribution >= 0.6 is 48.0 Å². The molecule has 0 aliphatic heterocycles. The first kappa shape index (κ1) is 23.7. The average molecular weight is 429 g/mol. The quantitative estimate of drug-likeness (QED) is 0.561. The van der Waals surface area contributed by atoms with Crippen molar-refractivity contribution in [3.05, 3.63) is 51.9 Å². The summed E-state index contributed by atoms with van der Waals surface area (Å²) in [4.78, 5) is 19.8. The minimum Gasteiger partial charge on any atom is -0.481 e. The lowest BCUT2D eigenvalue weighted by Crippen LogP contribution is -2.34. The highest BCUT2D eigenvalue weighted by molar-refractivity contribution is 6.32. The van der Waals surface area contributed by atoms with Crippen LogP contribution in [-0.4, -0.2) is 29.1 Å². The second kappa shape index (κ2) is 11.3. The SMILES string of the molecule is COc1cc(C[C@H](N)C(=O)OCc2cc(Cl)nc(Cl)c2)ccn1.Cl.Cl. The molecule has 2 N–H and O–H groups in total. The molecule has 0 fully saturated rings.